The molecule has 0 fully saturated rings. The number of alkyl halides is 2. The van der Waals surface area contributed by atoms with E-state index in [1.54, 1.807) is 18.2 Å². The smallest absolute Gasteiger partial charge is 0.387 e. The van der Waals surface area contributed by atoms with E-state index in [2.05, 4.69) is 25.0 Å². The molecule has 0 radical (unpaired) electrons. The Hall–Kier alpha value is -3.75. The molecule has 2 aromatic heterocycles. The first-order chi connectivity index (χ1) is 14.0. The van der Waals surface area contributed by atoms with Gasteiger partial charge >= 0.3 is 6.61 Å². The number of nitrogen functional groups attached to an aromatic ring is 1. The number of para-hydroxylation sites is 2. The summed E-state index contributed by atoms with van der Waals surface area (Å²) in [6, 6.07) is 15.4. The summed E-state index contributed by atoms with van der Waals surface area (Å²) in [7, 11) is 0. The maximum absolute atomic E-state index is 12.3. The van der Waals surface area contributed by atoms with Crippen LogP contribution in [0.15, 0.2) is 54.6 Å². The van der Waals surface area contributed by atoms with Crippen molar-refractivity contribution in [1.29, 1.82) is 0 Å². The minimum Gasteiger partial charge on any atom is -0.435 e. The fraction of sp³-hybridized carbons (Fsp3) is 0.150. The monoisotopic (exact) mass is 396 g/mol. The van der Waals surface area contributed by atoms with Gasteiger partial charge in [-0.15, -0.1) is 0 Å². The topological polar surface area (TPSA) is 90.9 Å². The van der Waals surface area contributed by atoms with Gasteiger partial charge in [-0.25, -0.2) is 4.98 Å². The van der Waals surface area contributed by atoms with Gasteiger partial charge in [-0.3, -0.25) is 4.57 Å². The van der Waals surface area contributed by atoms with Crippen LogP contribution in [0.1, 0.15) is 12.7 Å². The van der Waals surface area contributed by atoms with Crippen molar-refractivity contribution in [3.05, 3.63) is 60.4 Å². The van der Waals surface area contributed by atoms with E-state index in [0.717, 1.165) is 16.9 Å². The Morgan fingerprint density at radius 1 is 1.07 bits per heavy atom. The van der Waals surface area contributed by atoms with Crippen LogP contribution in [-0.4, -0.2) is 26.1 Å². The largest absolute Gasteiger partial charge is 0.435 e. The predicted octanol–water partition coefficient (Wildman–Crippen LogP) is 4.31. The lowest BCUT2D eigenvalue weighted by Crippen LogP contribution is -2.09. The van der Waals surface area contributed by atoms with Crippen molar-refractivity contribution in [2.75, 3.05) is 11.1 Å². The van der Waals surface area contributed by atoms with Crippen LogP contribution < -0.4 is 15.8 Å². The van der Waals surface area contributed by atoms with E-state index in [-0.39, 0.29) is 11.6 Å². The summed E-state index contributed by atoms with van der Waals surface area (Å²) in [4.78, 5) is 13.6. The number of benzene rings is 2. The second-order valence-electron chi connectivity index (χ2n) is 6.21. The normalized spacial score (nSPS) is 11.2. The number of nitrogens with one attached hydrogen (secondary N) is 1. The zero-order valence-electron chi connectivity index (χ0n) is 15.5. The van der Waals surface area contributed by atoms with Crippen molar-refractivity contribution < 1.29 is 13.5 Å². The van der Waals surface area contributed by atoms with Gasteiger partial charge in [0, 0.05) is 18.2 Å². The number of aryl methyl sites for hydroxylation is 1. The summed E-state index contributed by atoms with van der Waals surface area (Å²) in [5.41, 5.74) is 8.38. The van der Waals surface area contributed by atoms with Gasteiger partial charge in [-0.1, -0.05) is 19.1 Å². The van der Waals surface area contributed by atoms with Crippen molar-refractivity contribution in [2.24, 2.45) is 0 Å². The van der Waals surface area contributed by atoms with E-state index in [1.807, 2.05) is 35.8 Å². The molecular weight excluding hydrogens is 378 g/mol. The van der Waals surface area contributed by atoms with Crippen LogP contribution in [0.2, 0.25) is 0 Å². The lowest BCUT2D eigenvalue weighted by atomic mass is 10.3. The van der Waals surface area contributed by atoms with Gasteiger partial charge in [-0.2, -0.15) is 18.7 Å². The Balaban J connectivity index is 1.69. The first kappa shape index (κ1) is 18.6. The van der Waals surface area contributed by atoms with E-state index in [1.165, 1.54) is 12.1 Å². The molecule has 0 bridgehead atoms. The van der Waals surface area contributed by atoms with Crippen molar-refractivity contribution in [3.8, 4) is 11.7 Å². The van der Waals surface area contributed by atoms with Crippen LogP contribution in [-0.2, 0) is 6.42 Å². The molecule has 2 heterocycles. The van der Waals surface area contributed by atoms with Crippen LogP contribution in [0.3, 0.4) is 0 Å². The zero-order chi connectivity index (χ0) is 20.4. The average Bonchev–Trinajstić information content (AvgIpc) is 3.07. The highest BCUT2D eigenvalue weighted by Crippen LogP contribution is 2.24. The second-order valence-corrected chi connectivity index (χ2v) is 6.21. The number of hydrogen-bond acceptors (Lipinski definition) is 6. The van der Waals surface area contributed by atoms with Crippen molar-refractivity contribution >= 4 is 28.4 Å². The minimum absolute atomic E-state index is 0.0749. The lowest BCUT2D eigenvalue weighted by Gasteiger charge is -2.11. The number of halogens is 2. The van der Waals surface area contributed by atoms with Gasteiger partial charge in [0.05, 0.1) is 11.0 Å². The van der Waals surface area contributed by atoms with E-state index in [4.69, 9.17) is 5.73 Å². The summed E-state index contributed by atoms with van der Waals surface area (Å²) in [6.45, 7) is -0.859. The fourth-order valence-electron chi connectivity index (χ4n) is 3.02. The van der Waals surface area contributed by atoms with Crippen molar-refractivity contribution in [3.63, 3.8) is 0 Å². The van der Waals surface area contributed by atoms with Crippen LogP contribution in [0.25, 0.3) is 17.0 Å². The van der Waals surface area contributed by atoms with E-state index in [0.29, 0.717) is 23.9 Å². The van der Waals surface area contributed by atoms with Crippen LogP contribution in [0, 0.1) is 0 Å². The Morgan fingerprint density at radius 2 is 1.83 bits per heavy atom. The van der Waals surface area contributed by atoms with Crippen LogP contribution >= 0.6 is 0 Å². The molecule has 29 heavy (non-hydrogen) atoms. The molecule has 4 rings (SSSR count). The summed E-state index contributed by atoms with van der Waals surface area (Å²) in [5, 5.41) is 3.11. The Kier molecular flexibility index (Phi) is 4.94. The molecule has 0 spiro atoms. The number of fused-ring (bicyclic) bond motifs is 1. The summed E-state index contributed by atoms with van der Waals surface area (Å²) in [5.74, 6) is 2.04. The van der Waals surface area contributed by atoms with Gasteiger partial charge in [0.1, 0.15) is 23.2 Å². The third-order valence-electron chi connectivity index (χ3n) is 4.23. The number of nitrogens with two attached hydrogens (primary N) is 1. The SMILES string of the molecule is CCc1nc2ccccc2n1-c1nc(N)cc(Nc2ccc(OC(F)F)cc2)n1. The number of ether oxygens (including phenoxy) is 1. The molecule has 0 amide bonds. The molecule has 0 aliphatic rings. The van der Waals surface area contributed by atoms with Crippen molar-refractivity contribution in [2.45, 2.75) is 20.0 Å². The highest BCUT2D eigenvalue weighted by Gasteiger charge is 2.14. The van der Waals surface area contributed by atoms with Crippen LogP contribution in [0.5, 0.6) is 5.75 Å². The fourth-order valence-corrected chi connectivity index (χ4v) is 3.02. The van der Waals surface area contributed by atoms with Crippen LogP contribution in [0.4, 0.5) is 26.1 Å². The van der Waals surface area contributed by atoms with Gasteiger partial charge in [0.25, 0.3) is 0 Å². The number of imidazole rings is 1. The Morgan fingerprint density at radius 3 is 2.55 bits per heavy atom. The predicted molar refractivity (Wildman–Crippen MR) is 107 cm³/mol. The first-order valence-corrected chi connectivity index (χ1v) is 8.96. The number of hydrogen-bond donors (Lipinski definition) is 2. The number of aromatic nitrogens is 4. The highest BCUT2D eigenvalue weighted by molar-refractivity contribution is 5.77. The molecular formula is C20H18F2N6O. The molecule has 0 saturated heterocycles. The average molecular weight is 396 g/mol. The highest BCUT2D eigenvalue weighted by atomic mass is 19.3. The quantitative estimate of drug-likeness (QED) is 0.505. The van der Waals surface area contributed by atoms with Gasteiger partial charge < -0.3 is 15.8 Å². The van der Waals surface area contributed by atoms with E-state index < -0.39 is 6.61 Å². The number of anilines is 3. The molecule has 3 N–H and O–H groups in total. The molecule has 0 aliphatic heterocycles. The molecule has 2 aromatic carbocycles. The Labute approximate surface area is 165 Å². The standard InChI is InChI=1S/C20H18F2N6O/c1-2-18-25-14-5-3-4-6-15(14)28(18)20-26-16(23)11-17(27-20)24-12-7-9-13(10-8-12)29-19(21)22/h3-11,19H,2H2,1H3,(H3,23,24,26,27). The zero-order valence-corrected chi connectivity index (χ0v) is 15.5. The molecule has 0 saturated carbocycles. The number of rotatable bonds is 6. The second kappa shape index (κ2) is 7.70. The molecule has 7 nitrogen and oxygen atoms in total. The first-order valence-electron chi connectivity index (χ1n) is 8.96. The molecule has 9 heteroatoms. The molecule has 0 unspecified atom stereocenters. The van der Waals surface area contributed by atoms with Gasteiger partial charge in [0.15, 0.2) is 0 Å². The van der Waals surface area contributed by atoms with Gasteiger partial charge in [0.2, 0.25) is 5.95 Å². The third kappa shape index (κ3) is 3.93. The number of nitrogens with zero attached hydrogens (tertiary/aromatic N) is 4. The maximum atomic E-state index is 12.3. The molecule has 4 aromatic rings. The van der Waals surface area contributed by atoms with E-state index >= 15 is 0 Å². The summed E-state index contributed by atoms with van der Waals surface area (Å²) in [6.07, 6.45) is 0.696. The summed E-state index contributed by atoms with van der Waals surface area (Å²) >= 11 is 0. The lowest BCUT2D eigenvalue weighted by molar-refractivity contribution is -0.0498. The minimum atomic E-state index is -2.87. The molecule has 148 valence electrons. The molecule has 0 aliphatic carbocycles. The summed E-state index contributed by atoms with van der Waals surface area (Å²) < 4.78 is 30.8. The Bertz CT molecular complexity index is 1140. The van der Waals surface area contributed by atoms with E-state index in [9.17, 15) is 8.78 Å². The van der Waals surface area contributed by atoms with Gasteiger partial charge in [-0.05, 0) is 36.4 Å². The maximum Gasteiger partial charge on any atom is 0.387 e. The van der Waals surface area contributed by atoms with Crippen molar-refractivity contribution in [1.82, 2.24) is 19.5 Å². The third-order valence-corrected chi connectivity index (χ3v) is 4.23. The molecule has 0 atom stereocenters.